The standard InChI is InChI=1S/C22H26BrNO.ClH/c23-21-15-20(16-24-14-13-18-7-3-1-4-8-18)11-12-22(21)25-17-19-9-5-2-6-10-19;/h2,5-7,9-12,15,24H,1,3-4,8,13-14,16-17H2;1H. The highest BCUT2D eigenvalue weighted by Gasteiger charge is 2.05. The van der Waals surface area contributed by atoms with Crippen LogP contribution in [0.1, 0.15) is 43.2 Å². The van der Waals surface area contributed by atoms with Gasteiger partial charge >= 0.3 is 0 Å². The second-order valence-electron chi connectivity index (χ2n) is 6.57. The maximum atomic E-state index is 5.91. The lowest BCUT2D eigenvalue weighted by molar-refractivity contribution is 0.304. The summed E-state index contributed by atoms with van der Waals surface area (Å²) in [6, 6.07) is 16.6. The molecule has 0 saturated carbocycles. The van der Waals surface area contributed by atoms with Gasteiger partial charge in [-0.1, -0.05) is 48.0 Å². The Bertz CT molecular complexity index is 703. The van der Waals surface area contributed by atoms with Gasteiger partial charge in [0.1, 0.15) is 12.4 Å². The van der Waals surface area contributed by atoms with Gasteiger partial charge < -0.3 is 10.1 Å². The summed E-state index contributed by atoms with van der Waals surface area (Å²) in [6.45, 7) is 2.53. The Hall–Kier alpha value is -1.29. The predicted octanol–water partition coefficient (Wildman–Crippen LogP) is 6.43. The third kappa shape index (κ3) is 6.79. The first-order chi connectivity index (χ1) is 12.3. The maximum absolute atomic E-state index is 5.91. The number of hydrogen-bond acceptors (Lipinski definition) is 2. The largest absolute Gasteiger partial charge is 0.488 e. The van der Waals surface area contributed by atoms with Gasteiger partial charge in [0.05, 0.1) is 4.47 Å². The van der Waals surface area contributed by atoms with Crippen molar-refractivity contribution in [2.24, 2.45) is 0 Å². The van der Waals surface area contributed by atoms with Gasteiger partial charge in [-0.25, -0.2) is 0 Å². The minimum Gasteiger partial charge on any atom is -0.488 e. The number of nitrogens with one attached hydrogen (secondary N) is 1. The van der Waals surface area contributed by atoms with Crippen LogP contribution in [0.15, 0.2) is 64.7 Å². The quantitative estimate of drug-likeness (QED) is 0.380. The fraction of sp³-hybridized carbons (Fsp3) is 0.364. The van der Waals surface area contributed by atoms with E-state index in [0.717, 1.165) is 23.3 Å². The molecule has 4 heteroatoms. The zero-order valence-electron chi connectivity index (χ0n) is 15.0. The van der Waals surface area contributed by atoms with Crippen molar-refractivity contribution in [1.29, 1.82) is 0 Å². The van der Waals surface area contributed by atoms with Crippen LogP contribution < -0.4 is 10.1 Å². The summed E-state index contributed by atoms with van der Waals surface area (Å²) in [5.74, 6) is 0.889. The van der Waals surface area contributed by atoms with Crippen LogP contribution in [0.4, 0.5) is 0 Å². The van der Waals surface area contributed by atoms with E-state index in [9.17, 15) is 0 Å². The van der Waals surface area contributed by atoms with E-state index in [1.165, 1.54) is 43.2 Å². The topological polar surface area (TPSA) is 21.3 Å². The van der Waals surface area contributed by atoms with Gasteiger partial charge in [-0.2, -0.15) is 0 Å². The van der Waals surface area contributed by atoms with Crippen molar-refractivity contribution in [3.63, 3.8) is 0 Å². The third-order valence-electron chi connectivity index (χ3n) is 4.57. The average Bonchev–Trinajstić information content (AvgIpc) is 2.66. The second kappa shape index (κ2) is 11.4. The van der Waals surface area contributed by atoms with Gasteiger partial charge in [0, 0.05) is 6.54 Å². The molecule has 0 amide bonds. The Morgan fingerprint density at radius 3 is 2.58 bits per heavy atom. The molecule has 0 aliphatic heterocycles. The Balaban J connectivity index is 0.00000243. The van der Waals surface area contributed by atoms with Crippen LogP contribution in [-0.2, 0) is 13.2 Å². The normalized spacial score (nSPS) is 13.7. The van der Waals surface area contributed by atoms with Crippen LogP contribution in [-0.4, -0.2) is 6.54 Å². The summed E-state index contributed by atoms with van der Waals surface area (Å²) in [4.78, 5) is 0. The van der Waals surface area contributed by atoms with Crippen LogP contribution in [0.5, 0.6) is 5.75 Å². The molecule has 2 aromatic rings. The van der Waals surface area contributed by atoms with E-state index < -0.39 is 0 Å². The van der Waals surface area contributed by atoms with E-state index >= 15 is 0 Å². The van der Waals surface area contributed by atoms with E-state index in [-0.39, 0.29) is 12.4 Å². The first-order valence-electron chi connectivity index (χ1n) is 9.15. The fourth-order valence-corrected chi connectivity index (χ4v) is 3.66. The van der Waals surface area contributed by atoms with Crippen molar-refractivity contribution in [3.05, 3.63) is 75.8 Å². The zero-order valence-corrected chi connectivity index (χ0v) is 17.4. The molecule has 1 aliphatic rings. The first kappa shape index (κ1) is 21.0. The Morgan fingerprint density at radius 2 is 1.85 bits per heavy atom. The highest BCUT2D eigenvalue weighted by molar-refractivity contribution is 9.10. The van der Waals surface area contributed by atoms with Crippen molar-refractivity contribution in [2.45, 2.75) is 45.3 Å². The van der Waals surface area contributed by atoms with E-state index in [1.807, 2.05) is 24.3 Å². The van der Waals surface area contributed by atoms with Crippen molar-refractivity contribution >= 4 is 28.3 Å². The van der Waals surface area contributed by atoms with E-state index in [4.69, 9.17) is 4.74 Å². The smallest absolute Gasteiger partial charge is 0.134 e. The van der Waals surface area contributed by atoms with Crippen LogP contribution in [0, 0.1) is 0 Å². The van der Waals surface area contributed by atoms with Crippen LogP contribution in [0.25, 0.3) is 0 Å². The minimum atomic E-state index is 0. The lowest BCUT2D eigenvalue weighted by Gasteiger charge is -2.13. The molecule has 0 unspecified atom stereocenters. The number of rotatable bonds is 8. The number of hydrogen-bond donors (Lipinski definition) is 1. The molecule has 0 bridgehead atoms. The molecule has 2 aromatic carbocycles. The van der Waals surface area contributed by atoms with Crippen molar-refractivity contribution < 1.29 is 4.74 Å². The second-order valence-corrected chi connectivity index (χ2v) is 7.43. The lowest BCUT2D eigenvalue weighted by Crippen LogP contribution is -2.15. The molecule has 0 saturated heterocycles. The molecule has 0 radical (unpaired) electrons. The van der Waals surface area contributed by atoms with Crippen LogP contribution in [0.3, 0.4) is 0 Å². The minimum absolute atomic E-state index is 0. The molecule has 0 heterocycles. The average molecular weight is 437 g/mol. The highest BCUT2D eigenvalue weighted by atomic mass is 79.9. The summed E-state index contributed by atoms with van der Waals surface area (Å²) in [6.07, 6.45) is 8.90. The van der Waals surface area contributed by atoms with Crippen molar-refractivity contribution in [3.8, 4) is 5.75 Å². The SMILES string of the molecule is Brc1cc(CNCCC2=CCCCC2)ccc1OCc1ccccc1.Cl. The van der Waals surface area contributed by atoms with Gasteiger partial charge in [-0.05, 0) is 77.8 Å². The molecule has 0 aromatic heterocycles. The van der Waals surface area contributed by atoms with Gasteiger partial charge in [0.25, 0.3) is 0 Å². The Morgan fingerprint density at radius 1 is 1.00 bits per heavy atom. The highest BCUT2D eigenvalue weighted by Crippen LogP contribution is 2.27. The molecule has 3 rings (SSSR count). The molecule has 0 atom stereocenters. The van der Waals surface area contributed by atoms with Gasteiger partial charge in [0.15, 0.2) is 0 Å². The van der Waals surface area contributed by atoms with E-state index in [1.54, 1.807) is 5.57 Å². The van der Waals surface area contributed by atoms with Crippen molar-refractivity contribution in [2.75, 3.05) is 6.54 Å². The molecule has 0 fully saturated rings. The summed E-state index contributed by atoms with van der Waals surface area (Å²) in [5, 5.41) is 3.55. The first-order valence-corrected chi connectivity index (χ1v) is 9.94. The maximum Gasteiger partial charge on any atom is 0.134 e. The summed E-state index contributed by atoms with van der Waals surface area (Å²) in [7, 11) is 0. The molecule has 26 heavy (non-hydrogen) atoms. The van der Waals surface area contributed by atoms with Gasteiger partial charge in [-0.15, -0.1) is 12.4 Å². The number of allylic oxidation sites excluding steroid dienone is 1. The summed E-state index contributed by atoms with van der Waals surface area (Å²) >= 11 is 3.63. The lowest BCUT2D eigenvalue weighted by atomic mass is 9.97. The molecule has 2 nitrogen and oxygen atoms in total. The molecular formula is C22H27BrClNO. The van der Waals surface area contributed by atoms with Crippen LogP contribution in [0.2, 0.25) is 0 Å². The molecule has 1 N–H and O–H groups in total. The molecule has 0 spiro atoms. The summed E-state index contributed by atoms with van der Waals surface area (Å²) < 4.78 is 6.92. The molecule has 1 aliphatic carbocycles. The third-order valence-corrected chi connectivity index (χ3v) is 5.19. The summed E-state index contributed by atoms with van der Waals surface area (Å²) in [5.41, 5.74) is 4.08. The number of benzene rings is 2. The Kier molecular flexibility index (Phi) is 9.24. The van der Waals surface area contributed by atoms with Gasteiger partial charge in [-0.3, -0.25) is 0 Å². The van der Waals surface area contributed by atoms with E-state index in [0.29, 0.717) is 6.61 Å². The zero-order chi connectivity index (χ0) is 17.3. The van der Waals surface area contributed by atoms with Crippen molar-refractivity contribution in [1.82, 2.24) is 5.32 Å². The fourth-order valence-electron chi connectivity index (χ4n) is 3.12. The van der Waals surface area contributed by atoms with E-state index in [2.05, 4.69) is 51.6 Å². The predicted molar refractivity (Wildman–Crippen MR) is 115 cm³/mol. The van der Waals surface area contributed by atoms with Crippen LogP contribution >= 0.6 is 28.3 Å². The Labute approximate surface area is 171 Å². The number of ether oxygens (including phenoxy) is 1. The molecular weight excluding hydrogens is 410 g/mol. The van der Waals surface area contributed by atoms with Gasteiger partial charge in [0.2, 0.25) is 0 Å². The molecule has 140 valence electrons. The monoisotopic (exact) mass is 435 g/mol. The number of halogens is 2.